The van der Waals surface area contributed by atoms with Crippen molar-refractivity contribution in [1.82, 2.24) is 15.2 Å². The van der Waals surface area contributed by atoms with E-state index in [1.54, 1.807) is 11.3 Å². The van der Waals surface area contributed by atoms with Gasteiger partial charge in [-0.3, -0.25) is 4.90 Å². The van der Waals surface area contributed by atoms with Crippen LogP contribution >= 0.6 is 11.3 Å². The standard InChI is InChI=1S/C14H25N3S/c1-3-14-16-12(11-18-14)10-17-8-6-5-7-13(17)9-15-4-2/h11,13,15H,3-10H2,1-2H3. The quantitative estimate of drug-likeness (QED) is 0.859. The summed E-state index contributed by atoms with van der Waals surface area (Å²) >= 11 is 1.80. The van der Waals surface area contributed by atoms with Gasteiger partial charge in [0.2, 0.25) is 0 Å². The van der Waals surface area contributed by atoms with Crippen molar-refractivity contribution in [2.24, 2.45) is 0 Å². The van der Waals surface area contributed by atoms with Crippen LogP contribution in [0.5, 0.6) is 0 Å². The van der Waals surface area contributed by atoms with Crippen LogP contribution in [0.2, 0.25) is 0 Å². The highest BCUT2D eigenvalue weighted by atomic mass is 32.1. The van der Waals surface area contributed by atoms with Crippen LogP contribution in [0.1, 0.15) is 43.8 Å². The van der Waals surface area contributed by atoms with E-state index in [-0.39, 0.29) is 0 Å². The average molecular weight is 267 g/mol. The van der Waals surface area contributed by atoms with Crippen LogP contribution in [-0.4, -0.2) is 35.6 Å². The van der Waals surface area contributed by atoms with Gasteiger partial charge < -0.3 is 5.32 Å². The van der Waals surface area contributed by atoms with Gasteiger partial charge in [0.25, 0.3) is 0 Å². The number of aryl methyl sites for hydroxylation is 1. The van der Waals surface area contributed by atoms with Crippen molar-refractivity contribution < 1.29 is 0 Å². The first kappa shape index (κ1) is 14.0. The summed E-state index contributed by atoms with van der Waals surface area (Å²) in [5.74, 6) is 0. The minimum atomic E-state index is 0.700. The van der Waals surface area contributed by atoms with E-state index in [0.717, 1.165) is 26.1 Å². The molecule has 1 aromatic rings. The Morgan fingerprint density at radius 3 is 3.06 bits per heavy atom. The molecule has 1 fully saturated rings. The summed E-state index contributed by atoms with van der Waals surface area (Å²) in [6, 6.07) is 0.700. The summed E-state index contributed by atoms with van der Waals surface area (Å²) in [5, 5.41) is 6.99. The summed E-state index contributed by atoms with van der Waals surface area (Å²) in [6.45, 7) is 8.82. The largest absolute Gasteiger partial charge is 0.315 e. The molecule has 1 aromatic heterocycles. The van der Waals surface area contributed by atoms with E-state index in [4.69, 9.17) is 4.98 Å². The highest BCUT2D eigenvalue weighted by molar-refractivity contribution is 7.09. The fourth-order valence-electron chi connectivity index (χ4n) is 2.60. The Morgan fingerprint density at radius 2 is 2.33 bits per heavy atom. The van der Waals surface area contributed by atoms with Crippen molar-refractivity contribution in [3.05, 3.63) is 16.1 Å². The third-order valence-electron chi connectivity index (χ3n) is 3.65. The third-order valence-corrected chi connectivity index (χ3v) is 4.69. The van der Waals surface area contributed by atoms with E-state index >= 15 is 0 Å². The van der Waals surface area contributed by atoms with Gasteiger partial charge in [0.15, 0.2) is 0 Å². The molecule has 1 N–H and O–H groups in total. The van der Waals surface area contributed by atoms with Crippen molar-refractivity contribution in [2.75, 3.05) is 19.6 Å². The van der Waals surface area contributed by atoms with E-state index in [9.17, 15) is 0 Å². The number of thiazole rings is 1. The molecule has 0 saturated carbocycles. The van der Waals surface area contributed by atoms with E-state index < -0.39 is 0 Å². The summed E-state index contributed by atoms with van der Waals surface area (Å²) in [7, 11) is 0. The molecule has 0 bridgehead atoms. The van der Waals surface area contributed by atoms with Crippen molar-refractivity contribution in [3.63, 3.8) is 0 Å². The molecule has 1 saturated heterocycles. The van der Waals surface area contributed by atoms with Gasteiger partial charge in [-0.15, -0.1) is 11.3 Å². The number of hydrogen-bond acceptors (Lipinski definition) is 4. The van der Waals surface area contributed by atoms with Gasteiger partial charge in [-0.05, 0) is 32.4 Å². The van der Waals surface area contributed by atoms with Gasteiger partial charge in [0, 0.05) is 24.5 Å². The molecule has 102 valence electrons. The van der Waals surface area contributed by atoms with Crippen LogP contribution in [0, 0.1) is 0 Å². The predicted octanol–water partition coefficient (Wildman–Crippen LogP) is 2.67. The van der Waals surface area contributed by atoms with Gasteiger partial charge in [-0.2, -0.15) is 0 Å². The Balaban J connectivity index is 1.91. The Morgan fingerprint density at radius 1 is 1.44 bits per heavy atom. The second-order valence-corrected chi connectivity index (χ2v) is 5.96. The van der Waals surface area contributed by atoms with Crippen molar-refractivity contribution >= 4 is 11.3 Å². The number of likely N-dealkylation sites (N-methyl/N-ethyl adjacent to an activating group) is 1. The topological polar surface area (TPSA) is 28.2 Å². The van der Waals surface area contributed by atoms with Crippen LogP contribution < -0.4 is 5.32 Å². The van der Waals surface area contributed by atoms with E-state index in [1.165, 1.54) is 36.5 Å². The van der Waals surface area contributed by atoms with Crippen molar-refractivity contribution in [2.45, 2.75) is 52.1 Å². The first-order valence-electron chi connectivity index (χ1n) is 7.21. The number of likely N-dealkylation sites (tertiary alicyclic amines) is 1. The van der Waals surface area contributed by atoms with Gasteiger partial charge in [0.05, 0.1) is 10.7 Å². The molecule has 1 atom stereocenters. The molecule has 2 heterocycles. The maximum Gasteiger partial charge on any atom is 0.0926 e. The van der Waals surface area contributed by atoms with Crippen LogP contribution in [0.3, 0.4) is 0 Å². The van der Waals surface area contributed by atoms with Gasteiger partial charge >= 0.3 is 0 Å². The molecule has 0 spiro atoms. The molecule has 1 aliphatic rings. The fraction of sp³-hybridized carbons (Fsp3) is 0.786. The van der Waals surface area contributed by atoms with Crippen molar-refractivity contribution in [1.29, 1.82) is 0 Å². The zero-order valence-corrected chi connectivity index (χ0v) is 12.4. The molecule has 4 heteroatoms. The highest BCUT2D eigenvalue weighted by Crippen LogP contribution is 2.20. The molecule has 1 aliphatic heterocycles. The Labute approximate surface area is 115 Å². The lowest BCUT2D eigenvalue weighted by Crippen LogP contribution is -2.45. The number of piperidine rings is 1. The minimum Gasteiger partial charge on any atom is -0.315 e. The molecule has 0 aliphatic carbocycles. The zero-order valence-electron chi connectivity index (χ0n) is 11.6. The van der Waals surface area contributed by atoms with Gasteiger partial charge in [-0.1, -0.05) is 20.3 Å². The molecule has 3 nitrogen and oxygen atoms in total. The smallest absolute Gasteiger partial charge is 0.0926 e. The van der Waals surface area contributed by atoms with E-state index in [0.29, 0.717) is 6.04 Å². The maximum absolute atomic E-state index is 4.69. The summed E-state index contributed by atoms with van der Waals surface area (Å²) in [6.07, 6.45) is 5.11. The lowest BCUT2D eigenvalue weighted by Gasteiger charge is -2.35. The molecule has 18 heavy (non-hydrogen) atoms. The third kappa shape index (κ3) is 3.77. The SMILES string of the molecule is CCNCC1CCCCN1Cc1csc(CC)n1. The number of rotatable bonds is 6. The second-order valence-electron chi connectivity index (χ2n) is 5.01. The first-order chi connectivity index (χ1) is 8.83. The van der Waals surface area contributed by atoms with Gasteiger partial charge in [-0.25, -0.2) is 4.98 Å². The Hall–Kier alpha value is -0.450. The zero-order chi connectivity index (χ0) is 12.8. The molecule has 0 radical (unpaired) electrons. The van der Waals surface area contributed by atoms with Crippen LogP contribution in [0.25, 0.3) is 0 Å². The highest BCUT2D eigenvalue weighted by Gasteiger charge is 2.22. The number of nitrogens with zero attached hydrogens (tertiary/aromatic N) is 2. The van der Waals surface area contributed by atoms with Gasteiger partial charge in [0.1, 0.15) is 0 Å². The fourth-order valence-corrected chi connectivity index (χ4v) is 3.34. The summed E-state index contributed by atoms with van der Waals surface area (Å²) in [5.41, 5.74) is 1.26. The van der Waals surface area contributed by atoms with Crippen molar-refractivity contribution in [3.8, 4) is 0 Å². The maximum atomic E-state index is 4.69. The normalized spacial score (nSPS) is 21.3. The number of aromatic nitrogens is 1. The molecular weight excluding hydrogens is 242 g/mol. The second kappa shape index (κ2) is 7.22. The molecule has 0 aromatic carbocycles. The lowest BCUT2D eigenvalue weighted by molar-refractivity contribution is 0.136. The number of nitrogens with one attached hydrogen (secondary N) is 1. The Bertz CT molecular complexity index is 351. The average Bonchev–Trinajstić information content (AvgIpc) is 2.85. The van der Waals surface area contributed by atoms with Crippen LogP contribution in [-0.2, 0) is 13.0 Å². The van der Waals surface area contributed by atoms with Crippen LogP contribution in [0.15, 0.2) is 5.38 Å². The monoisotopic (exact) mass is 267 g/mol. The van der Waals surface area contributed by atoms with E-state index in [2.05, 4.69) is 29.4 Å². The molecule has 1 unspecified atom stereocenters. The predicted molar refractivity (Wildman–Crippen MR) is 78.1 cm³/mol. The Kier molecular flexibility index (Phi) is 5.60. The summed E-state index contributed by atoms with van der Waals surface area (Å²) < 4.78 is 0. The molecular formula is C14H25N3S. The first-order valence-corrected chi connectivity index (χ1v) is 8.09. The summed E-state index contributed by atoms with van der Waals surface area (Å²) in [4.78, 5) is 7.31. The minimum absolute atomic E-state index is 0.700. The molecule has 0 amide bonds. The van der Waals surface area contributed by atoms with Crippen LogP contribution in [0.4, 0.5) is 0 Å². The number of hydrogen-bond donors (Lipinski definition) is 1. The lowest BCUT2D eigenvalue weighted by atomic mass is 10.0. The molecule has 2 rings (SSSR count). The van der Waals surface area contributed by atoms with E-state index in [1.807, 2.05) is 0 Å².